The van der Waals surface area contributed by atoms with Gasteiger partial charge in [-0.1, -0.05) is 137 Å². The third-order valence-electron chi connectivity index (χ3n) is 13.2. The zero-order valence-corrected chi connectivity index (χ0v) is 32.8. The Hall–Kier alpha value is -4.92. The molecule has 5 aromatic carbocycles. The fourth-order valence-electron chi connectivity index (χ4n) is 10.3. The summed E-state index contributed by atoms with van der Waals surface area (Å²) in [6.45, 7) is 9.64. The summed E-state index contributed by atoms with van der Waals surface area (Å²) in [7, 11) is 0. The zero-order chi connectivity index (χ0) is 36.6. The maximum atomic E-state index is 2.52. The molecule has 0 spiro atoms. The molecular weight excluding hydrogens is 671 g/mol. The molecule has 0 bridgehead atoms. The predicted molar refractivity (Wildman–Crippen MR) is 233 cm³/mol. The molecule has 4 unspecified atom stereocenters. The summed E-state index contributed by atoms with van der Waals surface area (Å²) >= 11 is 2.02. The van der Waals surface area contributed by atoms with Gasteiger partial charge in [0, 0.05) is 27.6 Å². The lowest BCUT2D eigenvalue weighted by molar-refractivity contribution is 0.393. The fourth-order valence-corrected chi connectivity index (χ4v) is 11.8. The van der Waals surface area contributed by atoms with Crippen LogP contribution in [0.3, 0.4) is 0 Å². The zero-order valence-electron chi connectivity index (χ0n) is 32.0. The number of hydrogen-bond donors (Lipinski definition) is 0. The van der Waals surface area contributed by atoms with Crippen LogP contribution in [0.2, 0.25) is 0 Å². The van der Waals surface area contributed by atoms with Crippen molar-refractivity contribution in [1.29, 1.82) is 0 Å². The third-order valence-corrected chi connectivity index (χ3v) is 14.5. The lowest BCUT2D eigenvalue weighted by Gasteiger charge is -2.31. The summed E-state index contributed by atoms with van der Waals surface area (Å²) < 4.78 is 1.36. The van der Waals surface area contributed by atoms with E-state index in [9.17, 15) is 0 Å². The second kappa shape index (κ2) is 13.1. The monoisotopic (exact) mass is 719 g/mol. The second-order valence-electron chi connectivity index (χ2n) is 16.9. The molecule has 0 N–H and O–H groups in total. The van der Waals surface area contributed by atoms with E-state index in [0.29, 0.717) is 23.7 Å². The van der Waals surface area contributed by atoms with Crippen LogP contribution in [-0.2, 0) is 11.8 Å². The molecule has 1 aromatic heterocycles. The Bertz CT molecular complexity index is 2490. The van der Waals surface area contributed by atoms with Crippen LogP contribution in [-0.4, -0.2) is 0 Å². The van der Waals surface area contributed by atoms with Crippen LogP contribution in [0.25, 0.3) is 38.9 Å². The van der Waals surface area contributed by atoms with Gasteiger partial charge in [0.2, 0.25) is 0 Å². The Balaban J connectivity index is 1.11. The maximum absolute atomic E-state index is 2.52. The lowest BCUT2D eigenvalue weighted by atomic mass is 9.73. The minimum atomic E-state index is 0.0979. The Labute approximate surface area is 325 Å². The minimum absolute atomic E-state index is 0.0979. The van der Waals surface area contributed by atoms with E-state index in [1.165, 1.54) is 101 Å². The Morgan fingerprint density at radius 1 is 0.759 bits per heavy atom. The summed E-state index contributed by atoms with van der Waals surface area (Å²) in [5, 5.41) is 1.36. The molecule has 0 saturated carbocycles. The van der Waals surface area contributed by atoms with E-state index < -0.39 is 0 Å². The van der Waals surface area contributed by atoms with Crippen LogP contribution < -0.4 is 4.90 Å². The molecule has 0 amide bonds. The predicted octanol–water partition coefficient (Wildman–Crippen LogP) is 14.9. The van der Waals surface area contributed by atoms with Gasteiger partial charge in [-0.2, -0.15) is 0 Å². The molecule has 0 fully saturated rings. The topological polar surface area (TPSA) is 3.24 Å². The number of anilines is 3. The molecule has 1 nitrogen and oxygen atoms in total. The summed E-state index contributed by atoms with van der Waals surface area (Å²) in [6.07, 6.45) is 18.1. The summed E-state index contributed by atoms with van der Waals surface area (Å²) in [6, 6.07) is 41.8. The SMILES string of the molecule is CC1CC=Cc2cccc(-c3ccc(N(c4ccc(C5=CCCCC5C)cc4)c4cccc5c6c(sc45)C4c5ccccc5C(C)(C)C4C=C6)cc3)c2C1. The molecule has 10 rings (SSSR count). The van der Waals surface area contributed by atoms with E-state index >= 15 is 0 Å². The van der Waals surface area contributed by atoms with Gasteiger partial charge in [0.05, 0.1) is 10.4 Å². The first-order valence-electron chi connectivity index (χ1n) is 20.2. The molecule has 0 radical (unpaired) electrons. The van der Waals surface area contributed by atoms with Crippen molar-refractivity contribution in [3.63, 3.8) is 0 Å². The van der Waals surface area contributed by atoms with Gasteiger partial charge in [-0.05, 0) is 136 Å². The molecule has 4 aliphatic rings. The van der Waals surface area contributed by atoms with Gasteiger partial charge >= 0.3 is 0 Å². The molecule has 6 aromatic rings. The number of nitrogens with zero attached hydrogens (tertiary/aromatic N) is 1. The first-order chi connectivity index (χ1) is 26.4. The molecule has 4 atom stereocenters. The molecule has 4 aliphatic carbocycles. The second-order valence-corrected chi connectivity index (χ2v) is 18.0. The number of allylic oxidation sites excluding steroid dienone is 4. The van der Waals surface area contributed by atoms with Gasteiger partial charge in [0.1, 0.15) is 0 Å². The Morgan fingerprint density at radius 3 is 2.31 bits per heavy atom. The van der Waals surface area contributed by atoms with Crippen molar-refractivity contribution in [3.05, 3.63) is 166 Å². The van der Waals surface area contributed by atoms with Crippen LogP contribution in [0.1, 0.15) is 97.6 Å². The van der Waals surface area contributed by atoms with Crippen molar-refractivity contribution in [2.24, 2.45) is 17.8 Å². The number of rotatable bonds is 5. The van der Waals surface area contributed by atoms with Crippen LogP contribution in [0.5, 0.6) is 0 Å². The van der Waals surface area contributed by atoms with Gasteiger partial charge in [-0.15, -0.1) is 11.3 Å². The van der Waals surface area contributed by atoms with E-state index in [1.54, 1.807) is 0 Å². The smallest absolute Gasteiger partial charge is 0.0640 e. The number of fused-ring (bicyclic) bond motifs is 8. The van der Waals surface area contributed by atoms with Crippen molar-refractivity contribution < 1.29 is 0 Å². The Morgan fingerprint density at radius 2 is 1.52 bits per heavy atom. The summed E-state index contributed by atoms with van der Waals surface area (Å²) in [5.41, 5.74) is 16.5. The highest BCUT2D eigenvalue weighted by Crippen LogP contribution is 2.59. The van der Waals surface area contributed by atoms with E-state index in [-0.39, 0.29) is 5.41 Å². The van der Waals surface area contributed by atoms with Crippen LogP contribution in [0.4, 0.5) is 17.1 Å². The highest BCUT2D eigenvalue weighted by Gasteiger charge is 2.48. The molecule has 2 heteroatoms. The van der Waals surface area contributed by atoms with E-state index in [0.717, 1.165) is 12.8 Å². The van der Waals surface area contributed by atoms with Gasteiger partial charge in [0.15, 0.2) is 0 Å². The number of benzene rings is 5. The average Bonchev–Trinajstić information content (AvgIpc) is 3.60. The van der Waals surface area contributed by atoms with Crippen molar-refractivity contribution >= 4 is 56.2 Å². The van der Waals surface area contributed by atoms with Crippen LogP contribution in [0, 0.1) is 17.8 Å². The normalized spacial score (nSPS) is 22.2. The molecular formula is C52H49NS. The fraction of sp³-hybridized carbons (Fsp3) is 0.269. The molecule has 0 aliphatic heterocycles. The van der Waals surface area contributed by atoms with Gasteiger partial charge in [-0.3, -0.25) is 0 Å². The molecule has 54 heavy (non-hydrogen) atoms. The summed E-state index contributed by atoms with van der Waals surface area (Å²) in [4.78, 5) is 4.03. The quantitative estimate of drug-likeness (QED) is 0.171. The largest absolute Gasteiger partial charge is 0.309 e. The summed E-state index contributed by atoms with van der Waals surface area (Å²) in [5.74, 6) is 2.09. The van der Waals surface area contributed by atoms with E-state index in [4.69, 9.17) is 0 Å². The van der Waals surface area contributed by atoms with E-state index in [2.05, 4.69) is 172 Å². The van der Waals surface area contributed by atoms with E-state index in [1.807, 2.05) is 11.3 Å². The number of hydrogen-bond acceptors (Lipinski definition) is 2. The van der Waals surface area contributed by atoms with Crippen LogP contribution in [0.15, 0.2) is 127 Å². The Kier molecular flexibility index (Phi) is 8.18. The average molecular weight is 720 g/mol. The van der Waals surface area contributed by atoms with Crippen molar-refractivity contribution in [2.75, 3.05) is 4.90 Å². The molecule has 268 valence electrons. The standard InChI is InChI=1S/C52H49NS/c1-33-12-9-14-35-15-10-18-41(45(35)32-33)37-24-28-39(29-25-37)53(38-26-22-36(23-27-38)40-16-6-5-13-34(40)2)48-21-11-19-42-43-30-31-47-49(51(43)54-50(42)48)44-17-7-8-20-46(44)52(47,3)4/h7-11,14-31,33-34,47,49H,5-6,12-13,32H2,1-4H3. The van der Waals surface area contributed by atoms with Crippen LogP contribution >= 0.6 is 11.3 Å². The van der Waals surface area contributed by atoms with Crippen molar-refractivity contribution in [1.82, 2.24) is 0 Å². The maximum Gasteiger partial charge on any atom is 0.0640 e. The highest BCUT2D eigenvalue weighted by molar-refractivity contribution is 7.20. The first-order valence-corrected chi connectivity index (χ1v) is 21.0. The minimum Gasteiger partial charge on any atom is -0.309 e. The van der Waals surface area contributed by atoms with Crippen molar-refractivity contribution in [3.8, 4) is 11.1 Å². The first kappa shape index (κ1) is 33.6. The molecule has 0 saturated heterocycles. The van der Waals surface area contributed by atoms with Crippen molar-refractivity contribution in [2.45, 2.75) is 71.1 Å². The van der Waals surface area contributed by atoms with Gasteiger partial charge < -0.3 is 4.90 Å². The lowest BCUT2D eigenvalue weighted by Crippen LogP contribution is -2.25. The highest BCUT2D eigenvalue weighted by atomic mass is 32.1. The third kappa shape index (κ3) is 5.40. The van der Waals surface area contributed by atoms with Gasteiger partial charge in [0.25, 0.3) is 0 Å². The molecule has 1 heterocycles. The number of thiophene rings is 1. The van der Waals surface area contributed by atoms with Gasteiger partial charge in [-0.25, -0.2) is 0 Å².